The number of hydrogen-bond donors (Lipinski definition) is 1. The molecule has 0 spiro atoms. The van der Waals surface area contributed by atoms with Gasteiger partial charge in [-0.25, -0.2) is 9.89 Å². The Kier molecular flexibility index (Phi) is 2.48. The van der Waals surface area contributed by atoms with Crippen LogP contribution in [0.4, 0.5) is 0 Å². The highest BCUT2D eigenvalue weighted by Gasteiger charge is 2.34. The van der Waals surface area contributed by atoms with Crippen molar-refractivity contribution in [3.63, 3.8) is 0 Å². The highest BCUT2D eigenvalue weighted by atomic mass is 16.2. The van der Waals surface area contributed by atoms with Crippen molar-refractivity contribution in [3.05, 3.63) is 45.9 Å². The lowest BCUT2D eigenvalue weighted by atomic mass is 10.1. The zero-order valence-electron chi connectivity index (χ0n) is 9.74. The van der Waals surface area contributed by atoms with E-state index >= 15 is 0 Å². The van der Waals surface area contributed by atoms with E-state index in [1.165, 1.54) is 0 Å². The van der Waals surface area contributed by atoms with Crippen LogP contribution in [0, 0.1) is 0 Å². The van der Waals surface area contributed by atoms with Gasteiger partial charge in [0.05, 0.1) is 17.7 Å². The number of carbonyl (C=O) groups excluding carboxylic acids is 2. The number of H-pyrrole nitrogens is 1. The van der Waals surface area contributed by atoms with E-state index in [0.717, 1.165) is 9.58 Å². The number of benzene rings is 1. The van der Waals surface area contributed by atoms with Crippen LogP contribution < -0.4 is 5.69 Å². The SMILES string of the molecule is O=C1c2ccccc2C(=O)N1CCn1nn[nH]c1=O. The number of nitrogens with zero attached hydrogens (tertiary/aromatic N) is 4. The molecular formula is C11H9N5O3. The second kappa shape index (κ2) is 4.16. The van der Waals surface area contributed by atoms with Gasteiger partial charge in [0.15, 0.2) is 0 Å². The quantitative estimate of drug-likeness (QED) is 0.732. The minimum absolute atomic E-state index is 0.0821. The van der Waals surface area contributed by atoms with Crippen molar-refractivity contribution in [2.24, 2.45) is 0 Å². The van der Waals surface area contributed by atoms with Gasteiger partial charge in [-0.05, 0) is 22.6 Å². The number of aromatic nitrogens is 4. The number of hydrogen-bond acceptors (Lipinski definition) is 5. The van der Waals surface area contributed by atoms with Gasteiger partial charge in [-0.2, -0.15) is 4.68 Å². The van der Waals surface area contributed by atoms with Crippen LogP contribution in [0.2, 0.25) is 0 Å². The Bertz CT molecular complexity index is 682. The minimum Gasteiger partial charge on any atom is -0.272 e. The average molecular weight is 259 g/mol. The highest BCUT2D eigenvalue weighted by Crippen LogP contribution is 2.21. The van der Waals surface area contributed by atoms with Crippen molar-refractivity contribution in [2.45, 2.75) is 6.54 Å². The van der Waals surface area contributed by atoms with Crippen LogP contribution in [-0.4, -0.2) is 43.5 Å². The lowest BCUT2D eigenvalue weighted by Crippen LogP contribution is -2.35. The molecule has 2 heterocycles. The molecule has 0 bridgehead atoms. The van der Waals surface area contributed by atoms with E-state index in [1.807, 2.05) is 0 Å². The third-order valence-corrected chi connectivity index (χ3v) is 2.95. The summed E-state index contributed by atoms with van der Waals surface area (Å²) in [6, 6.07) is 6.63. The molecule has 8 nitrogen and oxygen atoms in total. The number of amides is 2. The molecule has 1 aliphatic rings. The van der Waals surface area contributed by atoms with Gasteiger partial charge in [-0.15, -0.1) is 0 Å². The van der Waals surface area contributed by atoms with Gasteiger partial charge >= 0.3 is 5.69 Å². The molecule has 0 saturated carbocycles. The van der Waals surface area contributed by atoms with Crippen molar-refractivity contribution in [2.75, 3.05) is 6.54 Å². The van der Waals surface area contributed by atoms with Crippen molar-refractivity contribution in [1.82, 2.24) is 25.1 Å². The van der Waals surface area contributed by atoms with Crippen molar-refractivity contribution < 1.29 is 9.59 Å². The van der Waals surface area contributed by atoms with Gasteiger partial charge in [0.1, 0.15) is 0 Å². The van der Waals surface area contributed by atoms with E-state index < -0.39 is 5.69 Å². The summed E-state index contributed by atoms with van der Waals surface area (Å²) in [5, 5.41) is 9.00. The molecule has 0 unspecified atom stereocenters. The predicted molar refractivity (Wildman–Crippen MR) is 62.5 cm³/mol. The summed E-state index contributed by atoms with van der Waals surface area (Å²) >= 11 is 0. The Morgan fingerprint density at radius 1 is 1.00 bits per heavy atom. The number of rotatable bonds is 3. The number of carbonyl (C=O) groups is 2. The molecule has 1 aliphatic heterocycles. The number of imide groups is 1. The Hall–Kier alpha value is -2.77. The number of fused-ring (bicyclic) bond motifs is 1. The standard InChI is InChI=1S/C11H9N5O3/c17-9-7-3-1-2-4-8(7)10(18)15(9)5-6-16-11(19)12-13-14-16/h1-4H,5-6H2,(H,12,14,19). The Morgan fingerprint density at radius 3 is 2.16 bits per heavy atom. The molecule has 8 heteroatoms. The number of aromatic amines is 1. The summed E-state index contributed by atoms with van der Waals surface area (Å²) in [5.41, 5.74) is 0.302. The first-order valence-corrected chi connectivity index (χ1v) is 5.62. The summed E-state index contributed by atoms with van der Waals surface area (Å²) in [5.74, 6) is -0.700. The molecule has 96 valence electrons. The van der Waals surface area contributed by atoms with Crippen molar-refractivity contribution >= 4 is 11.8 Å². The second-order valence-corrected chi connectivity index (χ2v) is 4.04. The Morgan fingerprint density at radius 2 is 1.63 bits per heavy atom. The zero-order chi connectivity index (χ0) is 13.4. The lowest BCUT2D eigenvalue weighted by Gasteiger charge is -2.12. The summed E-state index contributed by atoms with van der Waals surface area (Å²) in [4.78, 5) is 36.4. The average Bonchev–Trinajstić information content (AvgIpc) is 2.93. The van der Waals surface area contributed by atoms with Gasteiger partial charge in [-0.1, -0.05) is 12.1 Å². The topological polar surface area (TPSA) is 101 Å². The summed E-state index contributed by atoms with van der Waals surface area (Å²) in [6.45, 7) is 0.194. The Labute approximate surface area is 106 Å². The van der Waals surface area contributed by atoms with Crippen LogP contribution in [0.15, 0.2) is 29.1 Å². The molecular weight excluding hydrogens is 250 g/mol. The maximum Gasteiger partial charge on any atom is 0.361 e. The maximum absolute atomic E-state index is 12.0. The highest BCUT2D eigenvalue weighted by molar-refractivity contribution is 6.21. The van der Waals surface area contributed by atoms with Crippen LogP contribution in [0.1, 0.15) is 20.7 Å². The van der Waals surface area contributed by atoms with Crippen LogP contribution in [0.3, 0.4) is 0 Å². The molecule has 1 aromatic carbocycles. The lowest BCUT2D eigenvalue weighted by molar-refractivity contribution is 0.0647. The van der Waals surface area contributed by atoms with Crippen LogP contribution in [-0.2, 0) is 6.54 Å². The van der Waals surface area contributed by atoms with Crippen molar-refractivity contribution in [1.29, 1.82) is 0 Å². The maximum atomic E-state index is 12.0. The molecule has 2 aromatic rings. The van der Waals surface area contributed by atoms with Crippen LogP contribution in [0.25, 0.3) is 0 Å². The van der Waals surface area contributed by atoms with E-state index in [1.54, 1.807) is 24.3 Å². The first kappa shape index (κ1) is 11.3. The van der Waals surface area contributed by atoms with Gasteiger partial charge in [0.2, 0.25) is 0 Å². The monoisotopic (exact) mass is 259 g/mol. The fourth-order valence-electron chi connectivity index (χ4n) is 2.00. The summed E-state index contributed by atoms with van der Waals surface area (Å²) in [7, 11) is 0. The molecule has 0 aliphatic carbocycles. The largest absolute Gasteiger partial charge is 0.361 e. The number of nitrogens with one attached hydrogen (secondary N) is 1. The molecule has 2 amide bonds. The fraction of sp³-hybridized carbons (Fsp3) is 0.182. The predicted octanol–water partition coefficient (Wildman–Crippen LogP) is -0.737. The van der Waals surface area contributed by atoms with Crippen LogP contribution >= 0.6 is 0 Å². The van der Waals surface area contributed by atoms with Gasteiger partial charge in [-0.3, -0.25) is 14.5 Å². The molecule has 0 radical (unpaired) electrons. The Balaban J connectivity index is 1.81. The summed E-state index contributed by atoms with van der Waals surface area (Å²) < 4.78 is 1.06. The van der Waals surface area contributed by atoms with E-state index in [-0.39, 0.29) is 24.9 Å². The molecule has 1 N–H and O–H groups in total. The zero-order valence-corrected chi connectivity index (χ0v) is 9.74. The normalized spacial score (nSPS) is 14.0. The van der Waals surface area contributed by atoms with E-state index in [0.29, 0.717) is 11.1 Å². The van der Waals surface area contributed by atoms with Crippen LogP contribution in [0.5, 0.6) is 0 Å². The molecule has 0 fully saturated rings. The summed E-state index contributed by atoms with van der Waals surface area (Å²) in [6.07, 6.45) is 0. The van der Waals surface area contributed by atoms with Gasteiger partial charge < -0.3 is 0 Å². The first-order valence-electron chi connectivity index (χ1n) is 5.62. The third-order valence-electron chi connectivity index (χ3n) is 2.95. The van der Waals surface area contributed by atoms with Gasteiger partial charge in [0, 0.05) is 6.54 Å². The molecule has 19 heavy (non-hydrogen) atoms. The second-order valence-electron chi connectivity index (χ2n) is 4.04. The fourth-order valence-corrected chi connectivity index (χ4v) is 2.00. The van der Waals surface area contributed by atoms with Gasteiger partial charge in [0.25, 0.3) is 11.8 Å². The van der Waals surface area contributed by atoms with Crippen molar-refractivity contribution in [3.8, 4) is 0 Å². The smallest absolute Gasteiger partial charge is 0.272 e. The molecule has 0 atom stereocenters. The van der Waals surface area contributed by atoms with E-state index in [4.69, 9.17) is 0 Å². The van der Waals surface area contributed by atoms with E-state index in [2.05, 4.69) is 15.5 Å². The number of tetrazole rings is 1. The van der Waals surface area contributed by atoms with E-state index in [9.17, 15) is 14.4 Å². The first-order chi connectivity index (χ1) is 9.18. The molecule has 1 aromatic heterocycles. The third kappa shape index (κ3) is 1.73. The molecule has 0 saturated heterocycles. The minimum atomic E-state index is -0.475. The molecule has 3 rings (SSSR count).